The van der Waals surface area contributed by atoms with E-state index in [0.717, 1.165) is 27.9 Å². The lowest BCUT2D eigenvalue weighted by molar-refractivity contribution is -0.120. The van der Waals surface area contributed by atoms with Crippen LogP contribution in [-0.2, 0) is 4.79 Å². The number of aliphatic imine (C=N–C) groups is 1. The van der Waals surface area contributed by atoms with Crippen molar-refractivity contribution in [2.24, 2.45) is 10.9 Å². The van der Waals surface area contributed by atoms with Gasteiger partial charge in [0.05, 0.1) is 23.2 Å². The molecule has 2 unspecified atom stereocenters. The number of dihydropyridines is 1. The van der Waals surface area contributed by atoms with Crippen LogP contribution in [0.3, 0.4) is 0 Å². The average Bonchev–Trinajstić information content (AvgIpc) is 3.04. The van der Waals surface area contributed by atoms with E-state index in [4.69, 9.17) is 0 Å². The Hall–Kier alpha value is -3.54. The number of hydrogen-bond acceptors (Lipinski definition) is 3. The largest absolute Gasteiger partial charge is 0.351 e. The molecule has 2 aromatic heterocycles. The SMILES string of the molecule is CC1=CC(C)=NC(=O)C1CNC(=O)c1c(C)n(C(C)c2ccccn2)c2ccccc12. The predicted octanol–water partition coefficient (Wildman–Crippen LogP) is 4.25. The van der Waals surface area contributed by atoms with E-state index < -0.39 is 5.92 Å². The topological polar surface area (TPSA) is 76.3 Å². The number of carbonyl (C=O) groups excluding carboxylic acids is 2. The number of pyridine rings is 1. The summed E-state index contributed by atoms with van der Waals surface area (Å²) >= 11 is 0. The number of aromatic nitrogens is 2. The van der Waals surface area contributed by atoms with Gasteiger partial charge in [-0.3, -0.25) is 14.6 Å². The zero-order valence-corrected chi connectivity index (χ0v) is 18.2. The van der Waals surface area contributed by atoms with E-state index in [-0.39, 0.29) is 24.4 Å². The number of nitrogens with one attached hydrogen (secondary N) is 1. The molecule has 3 aromatic rings. The number of hydrogen-bond donors (Lipinski definition) is 1. The van der Waals surface area contributed by atoms with E-state index in [9.17, 15) is 9.59 Å². The molecule has 4 rings (SSSR count). The monoisotopic (exact) mass is 414 g/mol. The van der Waals surface area contributed by atoms with Crippen molar-refractivity contribution in [1.82, 2.24) is 14.9 Å². The van der Waals surface area contributed by atoms with Crippen molar-refractivity contribution in [2.45, 2.75) is 33.7 Å². The highest BCUT2D eigenvalue weighted by Gasteiger charge is 2.27. The first-order valence-corrected chi connectivity index (χ1v) is 10.4. The molecule has 1 aliphatic rings. The van der Waals surface area contributed by atoms with Crippen LogP contribution in [0.15, 0.2) is 65.3 Å². The summed E-state index contributed by atoms with van der Waals surface area (Å²) in [7, 11) is 0. The Morgan fingerprint density at radius 1 is 1.13 bits per heavy atom. The second kappa shape index (κ2) is 8.30. The molecule has 0 bridgehead atoms. The van der Waals surface area contributed by atoms with Crippen LogP contribution in [0, 0.1) is 12.8 Å². The van der Waals surface area contributed by atoms with E-state index in [0.29, 0.717) is 11.3 Å². The molecule has 1 N–H and O–H groups in total. The normalized spacial score (nSPS) is 17.3. The van der Waals surface area contributed by atoms with E-state index >= 15 is 0 Å². The number of nitrogens with zero attached hydrogens (tertiary/aromatic N) is 3. The third kappa shape index (κ3) is 3.81. The van der Waals surface area contributed by atoms with Crippen molar-refractivity contribution >= 4 is 28.4 Å². The summed E-state index contributed by atoms with van der Waals surface area (Å²) in [5, 5.41) is 3.86. The van der Waals surface area contributed by atoms with Crippen LogP contribution < -0.4 is 5.32 Å². The molecule has 0 fully saturated rings. The lowest BCUT2D eigenvalue weighted by Crippen LogP contribution is -2.35. The van der Waals surface area contributed by atoms with Gasteiger partial charge in [-0.2, -0.15) is 0 Å². The zero-order chi connectivity index (χ0) is 22.1. The Bertz CT molecular complexity index is 1220. The van der Waals surface area contributed by atoms with Crippen LogP contribution >= 0.6 is 0 Å². The van der Waals surface area contributed by atoms with Gasteiger partial charge in [0, 0.05) is 35.1 Å². The Balaban J connectivity index is 1.67. The van der Waals surface area contributed by atoms with Gasteiger partial charge in [0.25, 0.3) is 11.8 Å². The molecule has 2 atom stereocenters. The van der Waals surface area contributed by atoms with Gasteiger partial charge < -0.3 is 9.88 Å². The molecule has 0 spiro atoms. The van der Waals surface area contributed by atoms with Crippen LogP contribution in [0.5, 0.6) is 0 Å². The lowest BCUT2D eigenvalue weighted by atomic mass is 9.95. The minimum absolute atomic E-state index is 0.0323. The summed E-state index contributed by atoms with van der Waals surface area (Å²) in [6.45, 7) is 7.97. The molecular weight excluding hydrogens is 388 g/mol. The second-order valence-electron chi connectivity index (χ2n) is 8.02. The van der Waals surface area contributed by atoms with E-state index in [1.54, 1.807) is 13.1 Å². The lowest BCUT2D eigenvalue weighted by Gasteiger charge is -2.19. The van der Waals surface area contributed by atoms with E-state index in [2.05, 4.69) is 26.8 Å². The van der Waals surface area contributed by atoms with Crippen LogP contribution in [0.2, 0.25) is 0 Å². The fourth-order valence-corrected chi connectivity index (χ4v) is 4.37. The van der Waals surface area contributed by atoms with Gasteiger partial charge in [0.1, 0.15) is 0 Å². The van der Waals surface area contributed by atoms with Crippen molar-refractivity contribution in [3.63, 3.8) is 0 Å². The first-order valence-electron chi connectivity index (χ1n) is 10.4. The Kier molecular flexibility index (Phi) is 5.55. The summed E-state index contributed by atoms with van der Waals surface area (Å²) in [6.07, 6.45) is 3.67. The van der Waals surface area contributed by atoms with Gasteiger partial charge >= 0.3 is 0 Å². The maximum atomic E-state index is 13.3. The molecule has 6 heteroatoms. The number of amides is 2. The van der Waals surface area contributed by atoms with Crippen LogP contribution in [0.4, 0.5) is 0 Å². The van der Waals surface area contributed by atoms with Crippen molar-refractivity contribution in [1.29, 1.82) is 0 Å². The first-order chi connectivity index (χ1) is 14.9. The van der Waals surface area contributed by atoms with Gasteiger partial charge in [-0.15, -0.1) is 0 Å². The molecule has 1 aromatic carbocycles. The summed E-state index contributed by atoms with van der Waals surface area (Å²) < 4.78 is 2.15. The third-order valence-corrected chi connectivity index (χ3v) is 5.92. The highest BCUT2D eigenvalue weighted by molar-refractivity contribution is 6.09. The summed E-state index contributed by atoms with van der Waals surface area (Å²) in [5.41, 5.74) is 5.03. The van der Waals surface area contributed by atoms with Crippen molar-refractivity contribution < 1.29 is 9.59 Å². The molecule has 158 valence electrons. The summed E-state index contributed by atoms with van der Waals surface area (Å²) in [4.78, 5) is 34.1. The van der Waals surface area contributed by atoms with Crippen LogP contribution in [0.1, 0.15) is 48.6 Å². The van der Waals surface area contributed by atoms with Crippen molar-refractivity contribution in [2.75, 3.05) is 6.54 Å². The Morgan fingerprint density at radius 3 is 2.58 bits per heavy atom. The minimum Gasteiger partial charge on any atom is -0.351 e. The quantitative estimate of drug-likeness (QED) is 0.678. The number of benzene rings is 1. The first kappa shape index (κ1) is 20.7. The Labute approximate surface area is 181 Å². The average molecular weight is 415 g/mol. The molecule has 1 aliphatic heterocycles. The maximum Gasteiger partial charge on any atom is 0.254 e. The maximum absolute atomic E-state index is 13.3. The summed E-state index contributed by atoms with van der Waals surface area (Å²) in [5.74, 6) is -0.818. The van der Waals surface area contributed by atoms with E-state index in [1.165, 1.54) is 0 Å². The molecule has 2 amide bonds. The van der Waals surface area contributed by atoms with Crippen molar-refractivity contribution in [3.8, 4) is 0 Å². The molecule has 0 saturated carbocycles. The molecule has 31 heavy (non-hydrogen) atoms. The second-order valence-corrected chi connectivity index (χ2v) is 8.02. The number of para-hydroxylation sites is 1. The third-order valence-electron chi connectivity index (χ3n) is 5.92. The molecule has 0 saturated heterocycles. The van der Waals surface area contributed by atoms with Gasteiger partial charge in [-0.1, -0.05) is 29.8 Å². The smallest absolute Gasteiger partial charge is 0.254 e. The fraction of sp³-hybridized carbons (Fsp3) is 0.280. The molecule has 0 aliphatic carbocycles. The standard InChI is InChI=1S/C25H26N4O2/c1-15-13-16(2)28-24(30)20(15)14-27-25(31)23-18(4)29(22-11-6-5-9-19(22)23)17(3)21-10-7-8-12-26-21/h5-13,17,20H,14H2,1-4H3,(H,27,31). The van der Waals surface area contributed by atoms with Crippen LogP contribution in [-0.4, -0.2) is 33.6 Å². The Morgan fingerprint density at radius 2 is 1.87 bits per heavy atom. The molecule has 3 heterocycles. The molecule has 0 radical (unpaired) electrons. The van der Waals surface area contributed by atoms with Gasteiger partial charge in [0.15, 0.2) is 0 Å². The van der Waals surface area contributed by atoms with Gasteiger partial charge in [-0.25, -0.2) is 4.99 Å². The summed E-state index contributed by atoms with van der Waals surface area (Å²) in [6, 6.07) is 13.7. The van der Waals surface area contributed by atoms with Gasteiger partial charge in [0.2, 0.25) is 0 Å². The minimum atomic E-state index is -0.422. The fourth-order valence-electron chi connectivity index (χ4n) is 4.37. The number of allylic oxidation sites excluding steroid dienone is 1. The highest BCUT2D eigenvalue weighted by Crippen LogP contribution is 2.31. The number of fused-ring (bicyclic) bond motifs is 1. The van der Waals surface area contributed by atoms with Crippen LogP contribution in [0.25, 0.3) is 10.9 Å². The number of rotatable bonds is 5. The van der Waals surface area contributed by atoms with Gasteiger partial charge in [-0.05, 0) is 52.0 Å². The molecular formula is C25H26N4O2. The predicted molar refractivity (Wildman–Crippen MR) is 122 cm³/mol. The van der Waals surface area contributed by atoms with E-state index in [1.807, 2.05) is 62.4 Å². The highest BCUT2D eigenvalue weighted by atomic mass is 16.2. The number of carbonyl (C=O) groups is 2. The van der Waals surface area contributed by atoms with Crippen molar-refractivity contribution in [3.05, 3.63) is 77.3 Å². The molecule has 6 nitrogen and oxygen atoms in total. The zero-order valence-electron chi connectivity index (χ0n) is 18.2.